The smallest absolute Gasteiger partial charge is 0.410 e. The number of aromatic carboxylic acids is 1. The number of carboxylic acid groups (broad SMARTS) is 1. The van der Waals surface area contributed by atoms with E-state index in [1.54, 1.807) is 17.0 Å². The lowest BCUT2D eigenvalue weighted by atomic mass is 9.93. The summed E-state index contributed by atoms with van der Waals surface area (Å²) in [6, 6.07) is 8.78. The standard InChI is InChI=1S/C22H27N3O5/c1-22(2,3)30-21(28)25-11-9-15(10-12-25)18-5-4-6-19(24-18)29-14-17-8-7-16(13-23-17)20(26)27/h4-8,13,15H,9-12,14H2,1-3H3,(H,26,27). The van der Waals surface area contributed by atoms with E-state index in [4.69, 9.17) is 14.6 Å². The van der Waals surface area contributed by atoms with E-state index in [1.165, 1.54) is 12.3 Å². The van der Waals surface area contributed by atoms with Crippen molar-refractivity contribution in [1.82, 2.24) is 14.9 Å². The molecule has 2 aromatic rings. The van der Waals surface area contributed by atoms with Crippen molar-refractivity contribution in [3.8, 4) is 5.88 Å². The molecule has 1 fully saturated rings. The second-order valence-corrected chi connectivity index (χ2v) is 8.27. The first-order chi connectivity index (χ1) is 14.2. The summed E-state index contributed by atoms with van der Waals surface area (Å²) < 4.78 is 11.2. The van der Waals surface area contributed by atoms with Crippen molar-refractivity contribution in [3.63, 3.8) is 0 Å². The van der Waals surface area contributed by atoms with E-state index < -0.39 is 11.6 Å². The zero-order chi connectivity index (χ0) is 21.7. The first-order valence-electron chi connectivity index (χ1n) is 9.97. The molecular weight excluding hydrogens is 386 g/mol. The maximum Gasteiger partial charge on any atom is 0.410 e. The van der Waals surface area contributed by atoms with Crippen LogP contribution in [0.2, 0.25) is 0 Å². The molecule has 3 rings (SSSR count). The maximum atomic E-state index is 12.2. The molecule has 1 N–H and O–H groups in total. The van der Waals surface area contributed by atoms with E-state index >= 15 is 0 Å². The van der Waals surface area contributed by atoms with Crippen LogP contribution in [0.5, 0.6) is 5.88 Å². The lowest BCUT2D eigenvalue weighted by Crippen LogP contribution is -2.41. The molecule has 1 amide bonds. The molecule has 3 heterocycles. The number of piperidine rings is 1. The van der Waals surface area contributed by atoms with Gasteiger partial charge in [-0.2, -0.15) is 0 Å². The van der Waals surface area contributed by atoms with Gasteiger partial charge in [0.25, 0.3) is 0 Å². The monoisotopic (exact) mass is 413 g/mol. The fraction of sp³-hybridized carbons (Fsp3) is 0.455. The number of rotatable bonds is 5. The van der Waals surface area contributed by atoms with Crippen molar-refractivity contribution in [2.24, 2.45) is 0 Å². The van der Waals surface area contributed by atoms with Gasteiger partial charge < -0.3 is 19.5 Å². The number of hydrogen-bond donors (Lipinski definition) is 1. The van der Waals surface area contributed by atoms with Gasteiger partial charge in [0.05, 0.1) is 11.3 Å². The predicted octanol–water partition coefficient (Wildman–Crippen LogP) is 3.87. The molecule has 30 heavy (non-hydrogen) atoms. The van der Waals surface area contributed by atoms with Gasteiger partial charge in [-0.1, -0.05) is 6.07 Å². The summed E-state index contributed by atoms with van der Waals surface area (Å²) in [5, 5.41) is 8.92. The van der Waals surface area contributed by atoms with Gasteiger partial charge >= 0.3 is 12.1 Å². The Hall–Kier alpha value is -3.16. The SMILES string of the molecule is CC(C)(C)OC(=O)N1CCC(c2cccc(OCc3ccc(C(=O)O)cn3)n2)CC1. The number of nitrogens with zero attached hydrogens (tertiary/aromatic N) is 3. The highest BCUT2D eigenvalue weighted by Gasteiger charge is 2.28. The van der Waals surface area contributed by atoms with Crippen LogP contribution >= 0.6 is 0 Å². The molecule has 0 saturated carbocycles. The van der Waals surface area contributed by atoms with Gasteiger partial charge in [0.1, 0.15) is 12.2 Å². The second-order valence-electron chi connectivity index (χ2n) is 8.27. The normalized spacial score (nSPS) is 15.0. The zero-order valence-electron chi connectivity index (χ0n) is 17.5. The maximum absolute atomic E-state index is 12.2. The Kier molecular flexibility index (Phi) is 6.54. The fourth-order valence-electron chi connectivity index (χ4n) is 3.21. The third-order valence-electron chi connectivity index (χ3n) is 4.75. The average molecular weight is 413 g/mol. The fourth-order valence-corrected chi connectivity index (χ4v) is 3.21. The highest BCUT2D eigenvalue weighted by molar-refractivity contribution is 5.87. The number of carbonyl (C=O) groups excluding carboxylic acids is 1. The molecular formula is C22H27N3O5. The van der Waals surface area contributed by atoms with Crippen molar-refractivity contribution in [3.05, 3.63) is 53.5 Å². The van der Waals surface area contributed by atoms with Gasteiger partial charge in [0.2, 0.25) is 5.88 Å². The predicted molar refractivity (Wildman–Crippen MR) is 110 cm³/mol. The number of ether oxygens (including phenoxy) is 2. The quantitative estimate of drug-likeness (QED) is 0.794. The second kappa shape index (κ2) is 9.11. The minimum atomic E-state index is -1.01. The largest absolute Gasteiger partial charge is 0.478 e. The summed E-state index contributed by atoms with van der Waals surface area (Å²) in [5.41, 5.74) is 1.20. The molecule has 0 spiro atoms. The Morgan fingerprint density at radius 1 is 1.17 bits per heavy atom. The molecule has 2 aromatic heterocycles. The number of carboxylic acids is 1. The molecule has 8 heteroatoms. The van der Waals surface area contributed by atoms with Crippen molar-refractivity contribution in [2.75, 3.05) is 13.1 Å². The van der Waals surface area contributed by atoms with E-state index in [9.17, 15) is 9.59 Å². The number of carbonyl (C=O) groups is 2. The Labute approximate surface area is 175 Å². The summed E-state index contributed by atoms with van der Waals surface area (Å²) in [6.45, 7) is 7.06. The summed E-state index contributed by atoms with van der Waals surface area (Å²) in [4.78, 5) is 33.6. The highest BCUT2D eigenvalue weighted by Crippen LogP contribution is 2.28. The van der Waals surface area contributed by atoms with Crippen molar-refractivity contribution >= 4 is 12.1 Å². The highest BCUT2D eigenvalue weighted by atomic mass is 16.6. The van der Waals surface area contributed by atoms with Crippen LogP contribution in [0.4, 0.5) is 4.79 Å². The first-order valence-corrected chi connectivity index (χ1v) is 9.97. The van der Waals surface area contributed by atoms with Crippen LogP contribution in [0.15, 0.2) is 36.5 Å². The van der Waals surface area contributed by atoms with Gasteiger partial charge in [0.15, 0.2) is 0 Å². The number of likely N-dealkylation sites (tertiary alicyclic amines) is 1. The summed E-state index contributed by atoms with van der Waals surface area (Å²) in [7, 11) is 0. The summed E-state index contributed by atoms with van der Waals surface area (Å²) in [5.74, 6) is -0.270. The third kappa shape index (κ3) is 5.92. The molecule has 1 aliphatic rings. The van der Waals surface area contributed by atoms with Crippen LogP contribution < -0.4 is 4.74 Å². The van der Waals surface area contributed by atoms with Crippen LogP contribution in [-0.2, 0) is 11.3 Å². The molecule has 0 aliphatic carbocycles. The van der Waals surface area contributed by atoms with Gasteiger partial charge in [-0.25, -0.2) is 14.6 Å². The number of hydrogen-bond acceptors (Lipinski definition) is 6. The van der Waals surface area contributed by atoms with E-state index in [-0.39, 0.29) is 24.2 Å². The van der Waals surface area contributed by atoms with Crippen molar-refractivity contribution in [2.45, 2.75) is 51.7 Å². The Balaban J connectivity index is 1.54. The Bertz CT molecular complexity index is 884. The van der Waals surface area contributed by atoms with E-state index in [1.807, 2.05) is 32.9 Å². The van der Waals surface area contributed by atoms with Crippen LogP contribution in [0.3, 0.4) is 0 Å². The van der Waals surface area contributed by atoms with Crippen LogP contribution in [0, 0.1) is 0 Å². The molecule has 8 nitrogen and oxygen atoms in total. The number of amides is 1. The molecule has 1 saturated heterocycles. The molecule has 0 radical (unpaired) electrons. The minimum Gasteiger partial charge on any atom is -0.478 e. The zero-order valence-corrected chi connectivity index (χ0v) is 17.5. The molecule has 0 bridgehead atoms. The van der Waals surface area contributed by atoms with Crippen LogP contribution in [0.1, 0.15) is 61.3 Å². The Morgan fingerprint density at radius 2 is 1.90 bits per heavy atom. The molecule has 0 atom stereocenters. The molecule has 1 aliphatic heterocycles. The van der Waals surface area contributed by atoms with Gasteiger partial charge in [-0.05, 0) is 51.8 Å². The van der Waals surface area contributed by atoms with E-state index in [2.05, 4.69) is 9.97 Å². The van der Waals surface area contributed by atoms with Crippen LogP contribution in [-0.4, -0.2) is 50.7 Å². The van der Waals surface area contributed by atoms with Crippen LogP contribution in [0.25, 0.3) is 0 Å². The van der Waals surface area contributed by atoms with Gasteiger partial charge in [-0.3, -0.25) is 4.98 Å². The summed E-state index contributed by atoms with van der Waals surface area (Å²) >= 11 is 0. The van der Waals surface area contributed by atoms with Gasteiger partial charge in [-0.15, -0.1) is 0 Å². The molecule has 0 unspecified atom stereocenters. The summed E-state index contributed by atoms with van der Waals surface area (Å²) in [6.07, 6.45) is 2.66. The molecule has 160 valence electrons. The van der Waals surface area contributed by atoms with E-state index in [0.717, 1.165) is 18.5 Å². The molecule has 0 aromatic carbocycles. The third-order valence-corrected chi connectivity index (χ3v) is 4.75. The topological polar surface area (TPSA) is 102 Å². The number of aromatic nitrogens is 2. The van der Waals surface area contributed by atoms with Crippen molar-refractivity contribution < 1.29 is 24.2 Å². The van der Waals surface area contributed by atoms with E-state index in [0.29, 0.717) is 24.7 Å². The van der Waals surface area contributed by atoms with Crippen molar-refractivity contribution in [1.29, 1.82) is 0 Å². The average Bonchev–Trinajstić information content (AvgIpc) is 2.71. The lowest BCUT2D eigenvalue weighted by molar-refractivity contribution is 0.0203. The van der Waals surface area contributed by atoms with Gasteiger partial charge in [0, 0.05) is 37.0 Å². The Morgan fingerprint density at radius 3 is 2.50 bits per heavy atom. The minimum absolute atomic E-state index is 0.136. The first kappa shape index (κ1) is 21.5. The lowest BCUT2D eigenvalue weighted by Gasteiger charge is -2.33. The number of pyridine rings is 2.